The highest BCUT2D eigenvalue weighted by molar-refractivity contribution is 6.04. The van der Waals surface area contributed by atoms with Gasteiger partial charge in [-0.1, -0.05) is 12.1 Å². The van der Waals surface area contributed by atoms with E-state index in [1.807, 2.05) is 48.9 Å². The molecule has 0 aliphatic carbocycles. The molecule has 1 fully saturated rings. The van der Waals surface area contributed by atoms with E-state index in [4.69, 9.17) is 9.72 Å². The molecule has 1 amide bonds. The monoisotopic (exact) mass is 443 g/mol. The van der Waals surface area contributed by atoms with Crippen LogP contribution in [0.5, 0.6) is 0 Å². The zero-order valence-electron chi connectivity index (χ0n) is 18.5. The first kappa shape index (κ1) is 21.0. The number of ether oxygens (including phenoxy) is 1. The summed E-state index contributed by atoms with van der Waals surface area (Å²) in [5.41, 5.74) is 4.70. The molecule has 0 saturated carbocycles. The van der Waals surface area contributed by atoms with Gasteiger partial charge >= 0.3 is 0 Å². The first-order valence-electron chi connectivity index (χ1n) is 10.9. The lowest BCUT2D eigenvalue weighted by Crippen LogP contribution is -2.14. The minimum Gasteiger partial charge on any atom is -0.379 e. The van der Waals surface area contributed by atoms with Crippen LogP contribution in [0.3, 0.4) is 0 Å². The van der Waals surface area contributed by atoms with Crippen LogP contribution in [0.2, 0.25) is 0 Å². The number of nitrogens with zero attached hydrogens (tertiary/aromatic N) is 5. The Kier molecular flexibility index (Phi) is 5.70. The number of benzene rings is 1. The van der Waals surface area contributed by atoms with Crippen molar-refractivity contribution in [3.63, 3.8) is 0 Å². The number of pyridine rings is 1. The predicted octanol–water partition coefficient (Wildman–Crippen LogP) is 3.92. The van der Waals surface area contributed by atoms with Crippen molar-refractivity contribution in [1.29, 1.82) is 0 Å². The maximum atomic E-state index is 12.6. The van der Waals surface area contributed by atoms with Crippen molar-refractivity contribution in [1.82, 2.24) is 24.7 Å². The van der Waals surface area contributed by atoms with Gasteiger partial charge in [-0.2, -0.15) is 5.10 Å². The first-order chi connectivity index (χ1) is 16.1. The van der Waals surface area contributed by atoms with Crippen LogP contribution in [0, 0.1) is 6.92 Å². The fourth-order valence-electron chi connectivity index (χ4n) is 3.94. The Hall–Kier alpha value is -3.85. The second kappa shape index (κ2) is 8.95. The molecule has 3 aromatic heterocycles. The molecule has 4 aromatic rings. The van der Waals surface area contributed by atoms with Crippen LogP contribution in [0.15, 0.2) is 55.1 Å². The third-order valence-corrected chi connectivity index (χ3v) is 5.70. The lowest BCUT2D eigenvalue weighted by Gasteiger charge is -2.16. The molecule has 9 nitrogen and oxygen atoms in total. The molecule has 1 aliphatic rings. The summed E-state index contributed by atoms with van der Waals surface area (Å²) in [7, 11) is 0. The van der Waals surface area contributed by atoms with E-state index in [0.29, 0.717) is 23.7 Å². The average Bonchev–Trinajstić information content (AvgIpc) is 3.49. The van der Waals surface area contributed by atoms with Gasteiger partial charge in [0.2, 0.25) is 0 Å². The van der Waals surface area contributed by atoms with Gasteiger partial charge in [0.25, 0.3) is 5.91 Å². The van der Waals surface area contributed by atoms with Gasteiger partial charge in [0, 0.05) is 24.7 Å². The Labute approximate surface area is 191 Å². The summed E-state index contributed by atoms with van der Waals surface area (Å²) in [6.45, 7) is 5.33. The molecular weight excluding hydrogens is 418 g/mol. The highest BCUT2D eigenvalue weighted by atomic mass is 16.5. The summed E-state index contributed by atoms with van der Waals surface area (Å²) in [5.74, 6) is 0.473. The van der Waals surface area contributed by atoms with Gasteiger partial charge in [-0.05, 0) is 49.6 Å². The molecule has 1 aromatic carbocycles. The Balaban J connectivity index is 1.31. The van der Waals surface area contributed by atoms with Crippen molar-refractivity contribution >= 4 is 28.6 Å². The fourth-order valence-corrected chi connectivity index (χ4v) is 3.94. The van der Waals surface area contributed by atoms with Gasteiger partial charge in [0.05, 0.1) is 36.6 Å². The maximum Gasteiger partial charge on any atom is 0.257 e. The molecule has 168 valence electrons. The van der Waals surface area contributed by atoms with Crippen LogP contribution in [-0.4, -0.2) is 43.9 Å². The van der Waals surface area contributed by atoms with E-state index in [2.05, 4.69) is 25.7 Å². The van der Waals surface area contributed by atoms with Crippen LogP contribution in [-0.2, 0) is 4.74 Å². The van der Waals surface area contributed by atoms with Gasteiger partial charge in [-0.15, -0.1) is 0 Å². The third-order valence-electron chi connectivity index (χ3n) is 5.70. The van der Waals surface area contributed by atoms with E-state index in [1.54, 1.807) is 24.8 Å². The number of aromatic nitrogens is 5. The van der Waals surface area contributed by atoms with Gasteiger partial charge in [-0.25, -0.2) is 14.6 Å². The summed E-state index contributed by atoms with van der Waals surface area (Å²) >= 11 is 0. The van der Waals surface area contributed by atoms with Crippen LogP contribution >= 0.6 is 0 Å². The second-order valence-electron chi connectivity index (χ2n) is 8.27. The number of rotatable bonds is 6. The number of anilines is 2. The quantitative estimate of drug-likeness (QED) is 0.465. The second-order valence-corrected chi connectivity index (χ2v) is 8.27. The molecule has 0 bridgehead atoms. The topological polar surface area (TPSA) is 107 Å². The fraction of sp³-hybridized carbons (Fsp3) is 0.292. The molecule has 0 spiro atoms. The van der Waals surface area contributed by atoms with Crippen molar-refractivity contribution in [2.45, 2.75) is 32.4 Å². The molecule has 1 aliphatic heterocycles. The minimum absolute atomic E-state index is 0.0552. The highest BCUT2D eigenvalue weighted by Gasteiger charge is 2.21. The number of hydrogen-bond donors (Lipinski definition) is 2. The molecule has 1 unspecified atom stereocenters. The van der Waals surface area contributed by atoms with Gasteiger partial charge < -0.3 is 15.4 Å². The molecule has 9 heteroatoms. The zero-order valence-corrected chi connectivity index (χ0v) is 18.5. The Bertz CT molecular complexity index is 1300. The van der Waals surface area contributed by atoms with Crippen molar-refractivity contribution in [2.24, 2.45) is 0 Å². The van der Waals surface area contributed by atoms with E-state index in [9.17, 15) is 4.79 Å². The number of hydrogen-bond acceptors (Lipinski definition) is 7. The number of aryl methyl sites for hydroxylation is 1. The number of fused-ring (bicyclic) bond motifs is 1. The summed E-state index contributed by atoms with van der Waals surface area (Å²) in [6.07, 6.45) is 7.66. The Morgan fingerprint density at radius 2 is 2.12 bits per heavy atom. The molecule has 2 atom stereocenters. The summed E-state index contributed by atoms with van der Waals surface area (Å²) in [4.78, 5) is 25.9. The smallest absolute Gasteiger partial charge is 0.257 e. The molecule has 4 heterocycles. The van der Waals surface area contributed by atoms with Crippen molar-refractivity contribution < 1.29 is 9.53 Å². The summed E-state index contributed by atoms with van der Waals surface area (Å²) in [6, 6.07) is 9.69. The third kappa shape index (κ3) is 4.54. The Morgan fingerprint density at radius 1 is 1.21 bits per heavy atom. The Morgan fingerprint density at radius 3 is 2.94 bits per heavy atom. The van der Waals surface area contributed by atoms with E-state index in [1.165, 1.54) is 0 Å². The van der Waals surface area contributed by atoms with E-state index in [0.717, 1.165) is 35.3 Å². The number of amides is 1. The molecule has 1 saturated heterocycles. The summed E-state index contributed by atoms with van der Waals surface area (Å²) in [5, 5.41) is 10.8. The normalized spacial score (nSPS) is 16.6. The van der Waals surface area contributed by atoms with E-state index < -0.39 is 0 Å². The summed E-state index contributed by atoms with van der Waals surface area (Å²) < 4.78 is 7.40. The molecular formula is C24H25N7O2. The molecule has 33 heavy (non-hydrogen) atoms. The molecule has 2 N–H and O–H groups in total. The van der Waals surface area contributed by atoms with Crippen LogP contribution in [0.25, 0.3) is 11.2 Å². The lowest BCUT2D eigenvalue weighted by atomic mass is 10.1. The zero-order chi connectivity index (χ0) is 22.8. The molecule has 5 rings (SSSR count). The lowest BCUT2D eigenvalue weighted by molar-refractivity contribution is 0.102. The van der Waals surface area contributed by atoms with E-state index >= 15 is 0 Å². The SMILES string of the molecule is Cc1cncc(C(=O)Nc2cccc([C@H](C)Nc3cnc4cnn(C5CCOC5)c4n3)c2)c1. The highest BCUT2D eigenvalue weighted by Crippen LogP contribution is 2.25. The van der Waals surface area contributed by atoms with E-state index in [-0.39, 0.29) is 18.0 Å². The van der Waals surface area contributed by atoms with Gasteiger partial charge in [-0.3, -0.25) is 9.78 Å². The van der Waals surface area contributed by atoms with Crippen LogP contribution in [0.4, 0.5) is 11.5 Å². The molecule has 0 radical (unpaired) electrons. The number of carbonyl (C=O) groups excluding carboxylic acids is 1. The van der Waals surface area contributed by atoms with Crippen molar-refractivity contribution in [3.8, 4) is 0 Å². The van der Waals surface area contributed by atoms with Crippen molar-refractivity contribution in [3.05, 3.63) is 71.8 Å². The minimum atomic E-state index is -0.190. The number of nitrogens with one attached hydrogen (secondary N) is 2. The van der Waals surface area contributed by atoms with Crippen LogP contribution in [0.1, 0.15) is 46.9 Å². The van der Waals surface area contributed by atoms with Gasteiger partial charge in [0.15, 0.2) is 5.65 Å². The first-order valence-corrected chi connectivity index (χ1v) is 10.9. The average molecular weight is 444 g/mol. The van der Waals surface area contributed by atoms with Crippen LogP contribution < -0.4 is 10.6 Å². The number of carbonyl (C=O) groups is 1. The predicted molar refractivity (Wildman–Crippen MR) is 125 cm³/mol. The largest absolute Gasteiger partial charge is 0.379 e. The van der Waals surface area contributed by atoms with Gasteiger partial charge in [0.1, 0.15) is 11.3 Å². The standard InChI is InChI=1S/C24H25N7O2/c1-15-8-18(11-25-10-15)24(32)29-19-5-3-4-17(9-19)16(2)28-22-13-26-21-12-27-31(23(21)30-22)20-6-7-33-14-20/h3-5,8-13,16,20H,6-7,14H2,1-2H3,(H,28,30)(H,29,32)/t16-,20?/m0/s1. The maximum absolute atomic E-state index is 12.6. The van der Waals surface area contributed by atoms with Crippen molar-refractivity contribution in [2.75, 3.05) is 23.8 Å².